The monoisotopic (exact) mass is 354 g/mol. The van der Waals surface area contributed by atoms with Gasteiger partial charge in [0.2, 0.25) is 5.91 Å². The number of nitrogens with zero attached hydrogens (tertiary/aromatic N) is 1. The number of hydrogen-bond acceptors (Lipinski definition) is 5. The first-order chi connectivity index (χ1) is 12.7. The van der Waals surface area contributed by atoms with Crippen LogP contribution in [-0.4, -0.2) is 29.2 Å². The van der Waals surface area contributed by atoms with Crippen molar-refractivity contribution in [3.05, 3.63) is 47.3 Å². The summed E-state index contributed by atoms with van der Waals surface area (Å²) in [6.07, 6.45) is 4.12. The highest BCUT2D eigenvalue weighted by Gasteiger charge is 2.26. The van der Waals surface area contributed by atoms with Crippen molar-refractivity contribution in [3.8, 4) is 16.9 Å². The van der Waals surface area contributed by atoms with Gasteiger partial charge in [0.05, 0.1) is 32.0 Å². The molecule has 4 rings (SSSR count). The van der Waals surface area contributed by atoms with E-state index in [1.54, 1.807) is 6.20 Å². The molecular weight excluding hydrogens is 332 g/mol. The molecule has 2 aliphatic heterocycles. The quantitative estimate of drug-likeness (QED) is 0.886. The minimum atomic E-state index is -0.515. The van der Waals surface area contributed by atoms with Crippen LogP contribution in [0.2, 0.25) is 0 Å². The molecule has 2 aliphatic rings. The Balaban J connectivity index is 1.74. The van der Waals surface area contributed by atoms with Gasteiger partial charge < -0.3 is 19.9 Å². The predicted octanol–water partition coefficient (Wildman–Crippen LogP) is 2.66. The molecule has 0 spiro atoms. The van der Waals surface area contributed by atoms with Crippen molar-refractivity contribution < 1.29 is 19.4 Å². The van der Waals surface area contributed by atoms with Gasteiger partial charge in [0.25, 0.3) is 0 Å². The van der Waals surface area contributed by atoms with Gasteiger partial charge >= 0.3 is 0 Å². The van der Waals surface area contributed by atoms with E-state index in [0.717, 1.165) is 33.6 Å². The first kappa shape index (κ1) is 17.0. The number of carbonyl (C=O) groups is 1. The molecular formula is C20H22N2O4. The van der Waals surface area contributed by atoms with E-state index in [-0.39, 0.29) is 11.9 Å². The number of nitrogens with one attached hydrogen (secondary N) is 1. The maximum Gasteiger partial charge on any atom is 0.220 e. The summed E-state index contributed by atoms with van der Waals surface area (Å²) in [5, 5.41) is 13.3. The number of fused-ring (bicyclic) bond motifs is 2. The third-order valence-electron chi connectivity index (χ3n) is 4.98. The lowest BCUT2D eigenvalue weighted by atomic mass is 9.91. The van der Waals surface area contributed by atoms with Gasteiger partial charge in [-0.05, 0) is 23.3 Å². The van der Waals surface area contributed by atoms with Crippen molar-refractivity contribution in [1.82, 2.24) is 10.3 Å². The molecule has 0 aliphatic carbocycles. The zero-order valence-electron chi connectivity index (χ0n) is 14.7. The molecule has 0 saturated carbocycles. The Morgan fingerprint density at radius 2 is 2.23 bits per heavy atom. The van der Waals surface area contributed by atoms with E-state index < -0.39 is 6.10 Å². The van der Waals surface area contributed by atoms with Crippen LogP contribution in [-0.2, 0) is 16.1 Å². The fourth-order valence-corrected chi connectivity index (χ4v) is 3.54. The minimum Gasteiger partial charge on any atom is -0.493 e. The van der Waals surface area contributed by atoms with E-state index in [9.17, 15) is 9.90 Å². The number of aliphatic hydroxyl groups is 1. The van der Waals surface area contributed by atoms with Gasteiger partial charge in [0.1, 0.15) is 5.75 Å². The molecule has 136 valence electrons. The molecule has 1 aromatic carbocycles. The Morgan fingerprint density at radius 3 is 3.08 bits per heavy atom. The lowest BCUT2D eigenvalue weighted by molar-refractivity contribution is -0.122. The number of benzene rings is 1. The number of aliphatic hydroxyl groups excluding tert-OH is 1. The van der Waals surface area contributed by atoms with Crippen LogP contribution in [0.3, 0.4) is 0 Å². The standard InChI is InChI=1S/C20H22N2O4/c1-2-20(24)22-17-11-25-10-16-14(8-21-9-15(16)17)12-3-4-19-13(7-12)18(23)5-6-26-19/h3-4,7-9,17-18,23H,2,5-6,10-11H2,1H3,(H,22,24). The Hall–Kier alpha value is -2.44. The second-order valence-corrected chi connectivity index (χ2v) is 6.65. The molecule has 2 aromatic rings. The topological polar surface area (TPSA) is 80.7 Å². The number of carbonyl (C=O) groups excluding carboxylic acids is 1. The summed E-state index contributed by atoms with van der Waals surface area (Å²) < 4.78 is 11.4. The first-order valence-electron chi connectivity index (χ1n) is 8.96. The summed E-state index contributed by atoms with van der Waals surface area (Å²) in [5.41, 5.74) is 4.74. The fraction of sp³-hybridized carbons (Fsp3) is 0.400. The highest BCUT2D eigenvalue weighted by atomic mass is 16.5. The zero-order valence-corrected chi connectivity index (χ0v) is 14.7. The van der Waals surface area contributed by atoms with Crippen LogP contribution in [0.4, 0.5) is 0 Å². The predicted molar refractivity (Wildman–Crippen MR) is 95.6 cm³/mol. The summed E-state index contributed by atoms with van der Waals surface area (Å²) >= 11 is 0. The summed E-state index contributed by atoms with van der Waals surface area (Å²) in [4.78, 5) is 16.2. The average Bonchev–Trinajstić information content (AvgIpc) is 2.68. The van der Waals surface area contributed by atoms with Gasteiger partial charge in [-0.25, -0.2) is 0 Å². The Morgan fingerprint density at radius 1 is 1.35 bits per heavy atom. The maximum atomic E-state index is 11.8. The number of pyridine rings is 1. The van der Waals surface area contributed by atoms with Crippen LogP contribution in [0.1, 0.15) is 48.6 Å². The average molecular weight is 354 g/mol. The highest BCUT2D eigenvalue weighted by molar-refractivity contribution is 5.76. The molecule has 0 bridgehead atoms. The SMILES string of the molecule is CCC(=O)NC1COCc2c(-c3ccc4c(c3)C(O)CCO4)cncc21. The normalized spacial score (nSPS) is 21.3. The zero-order chi connectivity index (χ0) is 18.1. The van der Waals surface area contributed by atoms with Gasteiger partial charge in [0, 0.05) is 41.9 Å². The second-order valence-electron chi connectivity index (χ2n) is 6.65. The van der Waals surface area contributed by atoms with Crippen LogP contribution < -0.4 is 10.1 Å². The number of hydrogen-bond donors (Lipinski definition) is 2. The summed E-state index contributed by atoms with van der Waals surface area (Å²) in [6.45, 7) is 3.28. The van der Waals surface area contributed by atoms with Gasteiger partial charge in [-0.15, -0.1) is 0 Å². The van der Waals surface area contributed by atoms with Crippen LogP contribution in [0, 0.1) is 0 Å². The summed E-state index contributed by atoms with van der Waals surface area (Å²) in [7, 11) is 0. The Kier molecular flexibility index (Phi) is 4.61. The van der Waals surface area contributed by atoms with Crippen molar-refractivity contribution in [2.75, 3.05) is 13.2 Å². The molecule has 2 N–H and O–H groups in total. The molecule has 6 heteroatoms. The van der Waals surface area contributed by atoms with Gasteiger partial charge in [-0.2, -0.15) is 0 Å². The van der Waals surface area contributed by atoms with Crippen LogP contribution in [0.5, 0.6) is 5.75 Å². The molecule has 2 atom stereocenters. The fourth-order valence-electron chi connectivity index (χ4n) is 3.54. The van der Waals surface area contributed by atoms with E-state index in [1.165, 1.54) is 0 Å². The molecule has 3 heterocycles. The Labute approximate surface area is 152 Å². The van der Waals surface area contributed by atoms with E-state index in [4.69, 9.17) is 9.47 Å². The van der Waals surface area contributed by atoms with Crippen molar-refractivity contribution in [2.45, 2.75) is 38.5 Å². The lowest BCUT2D eigenvalue weighted by Gasteiger charge is -2.28. The Bertz CT molecular complexity index is 837. The molecule has 6 nitrogen and oxygen atoms in total. The van der Waals surface area contributed by atoms with Gasteiger partial charge in [-0.1, -0.05) is 13.0 Å². The van der Waals surface area contributed by atoms with Crippen molar-refractivity contribution in [1.29, 1.82) is 0 Å². The van der Waals surface area contributed by atoms with Crippen LogP contribution in [0.25, 0.3) is 11.1 Å². The number of aromatic nitrogens is 1. The highest BCUT2D eigenvalue weighted by Crippen LogP contribution is 2.38. The van der Waals surface area contributed by atoms with Crippen molar-refractivity contribution in [2.24, 2.45) is 0 Å². The number of ether oxygens (including phenoxy) is 2. The maximum absolute atomic E-state index is 11.8. The molecule has 26 heavy (non-hydrogen) atoms. The smallest absolute Gasteiger partial charge is 0.220 e. The van der Waals surface area contributed by atoms with Gasteiger partial charge in [0.15, 0.2) is 0 Å². The van der Waals surface area contributed by atoms with E-state index in [2.05, 4.69) is 10.3 Å². The van der Waals surface area contributed by atoms with E-state index in [0.29, 0.717) is 32.7 Å². The van der Waals surface area contributed by atoms with Crippen LogP contribution >= 0.6 is 0 Å². The van der Waals surface area contributed by atoms with Crippen LogP contribution in [0.15, 0.2) is 30.6 Å². The molecule has 0 radical (unpaired) electrons. The molecule has 1 amide bonds. The van der Waals surface area contributed by atoms with Crippen molar-refractivity contribution in [3.63, 3.8) is 0 Å². The third-order valence-corrected chi connectivity index (χ3v) is 4.98. The minimum absolute atomic E-state index is 0.00842. The van der Waals surface area contributed by atoms with Crippen molar-refractivity contribution >= 4 is 5.91 Å². The van der Waals surface area contributed by atoms with E-state index >= 15 is 0 Å². The lowest BCUT2D eigenvalue weighted by Crippen LogP contribution is -2.34. The van der Waals surface area contributed by atoms with Gasteiger partial charge in [-0.3, -0.25) is 9.78 Å². The third kappa shape index (κ3) is 3.06. The molecule has 2 unspecified atom stereocenters. The molecule has 0 fully saturated rings. The largest absolute Gasteiger partial charge is 0.493 e. The second kappa shape index (κ2) is 7.05. The first-order valence-corrected chi connectivity index (χ1v) is 8.96. The molecule has 0 saturated heterocycles. The number of amides is 1. The molecule has 1 aromatic heterocycles. The van der Waals surface area contributed by atoms with E-state index in [1.807, 2.05) is 31.3 Å². The summed E-state index contributed by atoms with van der Waals surface area (Å²) in [6, 6.07) is 5.64. The summed E-state index contributed by atoms with van der Waals surface area (Å²) in [5.74, 6) is 0.723. The number of rotatable bonds is 3.